The first-order valence-electron chi connectivity index (χ1n) is 18.4. The number of amides is 5. The summed E-state index contributed by atoms with van der Waals surface area (Å²) in [6, 6.07) is -0.790. The summed E-state index contributed by atoms with van der Waals surface area (Å²) in [6.07, 6.45) is 7.92. The zero-order valence-electron chi connectivity index (χ0n) is 30.8. The van der Waals surface area contributed by atoms with Crippen molar-refractivity contribution in [2.75, 3.05) is 20.1 Å². The number of primary amides is 1. The minimum atomic E-state index is -3.75. The van der Waals surface area contributed by atoms with Crippen LogP contribution in [0.3, 0.4) is 0 Å². The lowest BCUT2D eigenvalue weighted by Crippen LogP contribution is -2.62. The van der Waals surface area contributed by atoms with Crippen molar-refractivity contribution in [2.45, 2.75) is 121 Å². The van der Waals surface area contributed by atoms with Crippen molar-refractivity contribution in [3.8, 4) is 0 Å². The van der Waals surface area contributed by atoms with E-state index in [0.29, 0.717) is 13.0 Å². The highest BCUT2D eigenvalue weighted by atomic mass is 32.2. The van der Waals surface area contributed by atoms with Crippen molar-refractivity contribution in [1.29, 1.82) is 0 Å². The van der Waals surface area contributed by atoms with Gasteiger partial charge in [-0.2, -0.15) is 4.31 Å². The molecule has 6 atom stereocenters. The van der Waals surface area contributed by atoms with Gasteiger partial charge in [-0.1, -0.05) is 79.2 Å². The van der Waals surface area contributed by atoms with E-state index < -0.39 is 69.1 Å². The summed E-state index contributed by atoms with van der Waals surface area (Å²) >= 11 is 1.14. The number of carbonyl (C=O) groups is 5. The summed E-state index contributed by atoms with van der Waals surface area (Å²) in [5, 5.41) is 10.5. The van der Waals surface area contributed by atoms with Gasteiger partial charge in [0.1, 0.15) is 16.3 Å². The monoisotopic (exact) mass is 748 g/mol. The van der Waals surface area contributed by atoms with E-state index >= 15 is 0 Å². The number of Topliss-reactive ketones (excluding diaryl/α,β-unsaturated/α-hetero) is 1. The lowest BCUT2D eigenvalue weighted by Gasteiger charge is -2.39. The molecule has 1 unspecified atom stereocenters. The highest BCUT2D eigenvalue weighted by molar-refractivity contribution is 7.91. The van der Waals surface area contributed by atoms with E-state index in [1.807, 2.05) is 20.8 Å². The molecule has 4 aliphatic rings. The third-order valence-corrected chi connectivity index (χ3v) is 15.2. The second-order valence-electron chi connectivity index (χ2n) is 16.9. The summed E-state index contributed by atoms with van der Waals surface area (Å²) in [5.74, 6) is -2.68. The molecular formula is C36H56N6O7S2. The number of hydrogen-bond acceptors (Lipinski definition) is 8. The van der Waals surface area contributed by atoms with Gasteiger partial charge in [0, 0.05) is 26.2 Å². The molecule has 5 amide bonds. The maximum Gasteiger partial charge on any atom is 0.315 e. The van der Waals surface area contributed by atoms with Crippen LogP contribution in [0.15, 0.2) is 21.7 Å². The molecule has 1 saturated heterocycles. The molecule has 0 bridgehead atoms. The van der Waals surface area contributed by atoms with Crippen molar-refractivity contribution in [3.05, 3.63) is 17.5 Å². The zero-order chi connectivity index (χ0) is 37.5. The first-order valence-corrected chi connectivity index (χ1v) is 20.7. The molecule has 3 aliphatic carbocycles. The third kappa shape index (κ3) is 8.45. The lowest BCUT2D eigenvalue weighted by molar-refractivity contribution is -0.145. The molecule has 2 heterocycles. The highest BCUT2D eigenvalue weighted by Crippen LogP contribution is 2.65. The number of rotatable bonds is 14. The van der Waals surface area contributed by atoms with E-state index in [2.05, 4.69) is 29.8 Å². The number of piperidine rings is 1. The number of likely N-dealkylation sites (N-methyl/N-ethyl adjacent to an activating group) is 1. The van der Waals surface area contributed by atoms with Gasteiger partial charge in [-0.15, -0.1) is 11.3 Å². The first kappa shape index (κ1) is 39.2. The second kappa shape index (κ2) is 15.1. The second-order valence-corrected chi connectivity index (χ2v) is 20.1. The van der Waals surface area contributed by atoms with E-state index in [-0.39, 0.29) is 39.8 Å². The molecule has 3 saturated carbocycles. The number of carbonyl (C=O) groups excluding carboxylic acids is 5. The van der Waals surface area contributed by atoms with Crippen LogP contribution in [0.2, 0.25) is 0 Å². The van der Waals surface area contributed by atoms with E-state index in [0.717, 1.165) is 62.7 Å². The maximum atomic E-state index is 14.5. The quantitative estimate of drug-likeness (QED) is 0.210. The molecule has 5 rings (SSSR count). The van der Waals surface area contributed by atoms with Crippen molar-refractivity contribution >= 4 is 50.9 Å². The Labute approximate surface area is 306 Å². The van der Waals surface area contributed by atoms with Crippen LogP contribution in [0, 0.1) is 34.5 Å². The molecule has 51 heavy (non-hydrogen) atoms. The number of urea groups is 1. The van der Waals surface area contributed by atoms with Crippen LogP contribution in [0.1, 0.15) is 92.4 Å². The minimum absolute atomic E-state index is 0.0556. The number of thiophene rings is 1. The number of fused-ring (bicyclic) bond motifs is 1. The van der Waals surface area contributed by atoms with Crippen molar-refractivity contribution in [3.63, 3.8) is 0 Å². The number of nitrogens with two attached hydrogens (primary N) is 1. The summed E-state index contributed by atoms with van der Waals surface area (Å²) in [4.78, 5) is 68.6. The molecule has 0 aromatic carbocycles. The van der Waals surface area contributed by atoms with Crippen LogP contribution in [0.5, 0.6) is 0 Å². The Bertz CT molecular complexity index is 1580. The molecule has 1 aromatic heterocycles. The molecular weight excluding hydrogens is 693 g/mol. The van der Waals surface area contributed by atoms with Gasteiger partial charge in [0.05, 0.1) is 6.04 Å². The standard InChI is InChI=1S/C36H56N6O7S2/c1-35(2,3)30(40-34(47)39-25(22-14-8-7-9-15-22)20-41(6)51(48,49)26-16-11-17-50-26)33(46)42-19-23-27(36(23,4)5)28(42)32(45)38-24(29(43)31(37)44)18-21-12-10-13-21/h11,16-17,21-25,27-28,30H,7-10,12-15,18-20H2,1-6H3,(H2,37,44)(H,38,45)(H2,39,40,47)/t23-,24?,25+,27-,28-,30+/m0/s1. The predicted molar refractivity (Wildman–Crippen MR) is 194 cm³/mol. The van der Waals surface area contributed by atoms with Crippen molar-refractivity contribution in [2.24, 2.45) is 40.2 Å². The van der Waals surface area contributed by atoms with Gasteiger partial charge in [0.25, 0.3) is 15.9 Å². The average molecular weight is 749 g/mol. The van der Waals surface area contributed by atoms with Gasteiger partial charge in [-0.25, -0.2) is 13.2 Å². The zero-order valence-corrected chi connectivity index (χ0v) is 32.4. The summed E-state index contributed by atoms with van der Waals surface area (Å²) in [5.41, 5.74) is 4.39. The van der Waals surface area contributed by atoms with Gasteiger partial charge in [-0.3, -0.25) is 19.2 Å². The minimum Gasteiger partial charge on any atom is -0.363 e. The molecule has 0 spiro atoms. The van der Waals surface area contributed by atoms with Crippen LogP contribution >= 0.6 is 11.3 Å². The normalized spacial score (nSPS) is 25.2. The fraction of sp³-hybridized carbons (Fsp3) is 0.750. The highest BCUT2D eigenvalue weighted by Gasteiger charge is 2.70. The number of hydrogen-bond donors (Lipinski definition) is 4. The fourth-order valence-electron chi connectivity index (χ4n) is 8.48. The lowest BCUT2D eigenvalue weighted by atomic mass is 9.80. The van der Waals surface area contributed by atoms with Crippen molar-refractivity contribution in [1.82, 2.24) is 25.2 Å². The van der Waals surface area contributed by atoms with Gasteiger partial charge in [0.2, 0.25) is 17.6 Å². The van der Waals surface area contributed by atoms with E-state index in [4.69, 9.17) is 5.73 Å². The summed E-state index contributed by atoms with van der Waals surface area (Å²) in [6.45, 7) is 10.0. The number of likely N-dealkylation sites (tertiary alicyclic amines) is 1. The topological polar surface area (TPSA) is 188 Å². The Balaban J connectivity index is 1.33. The van der Waals surface area contributed by atoms with Gasteiger partial charge >= 0.3 is 6.03 Å². The van der Waals surface area contributed by atoms with E-state index in [9.17, 15) is 32.4 Å². The third-order valence-electron chi connectivity index (χ3n) is 12.0. The molecule has 4 fully saturated rings. The Kier molecular flexibility index (Phi) is 11.6. The summed E-state index contributed by atoms with van der Waals surface area (Å²) in [7, 11) is -2.23. The Hall–Kier alpha value is -3.04. The Morgan fingerprint density at radius 3 is 2.24 bits per heavy atom. The molecule has 0 radical (unpaired) electrons. The van der Waals surface area contributed by atoms with E-state index in [1.54, 1.807) is 17.5 Å². The Morgan fingerprint density at radius 2 is 1.69 bits per heavy atom. The van der Waals surface area contributed by atoms with Gasteiger partial charge in [-0.05, 0) is 65.2 Å². The number of nitrogens with zero attached hydrogens (tertiary/aromatic N) is 2. The number of sulfonamides is 1. The van der Waals surface area contributed by atoms with Crippen LogP contribution in [-0.4, -0.2) is 91.5 Å². The number of nitrogens with one attached hydrogen (secondary N) is 3. The van der Waals surface area contributed by atoms with Crippen molar-refractivity contribution < 1.29 is 32.4 Å². The first-order chi connectivity index (χ1) is 23.8. The number of ketones is 1. The molecule has 1 aromatic rings. The van der Waals surface area contributed by atoms with Crippen LogP contribution < -0.4 is 21.7 Å². The average Bonchev–Trinajstić information content (AvgIpc) is 3.50. The Morgan fingerprint density at radius 1 is 1.02 bits per heavy atom. The SMILES string of the molecule is CN(C[C@@H](NC(=O)N[C@H](C(=O)N1C[C@H]2[C@@H]([C@H]1C(=O)NC(CC1CCC1)C(=O)C(N)=O)C2(C)C)C(C)(C)C)C1CCCCC1)S(=O)(=O)c1cccs1. The largest absolute Gasteiger partial charge is 0.363 e. The van der Waals surface area contributed by atoms with Crippen LogP contribution in [0.4, 0.5) is 4.79 Å². The molecule has 15 heteroatoms. The molecule has 5 N–H and O–H groups in total. The van der Waals surface area contributed by atoms with Crippen LogP contribution in [-0.2, 0) is 29.2 Å². The molecule has 1 aliphatic heterocycles. The van der Waals surface area contributed by atoms with Gasteiger partial charge in [0.15, 0.2) is 0 Å². The molecule has 284 valence electrons. The van der Waals surface area contributed by atoms with E-state index in [1.165, 1.54) is 16.3 Å². The fourth-order valence-corrected chi connectivity index (χ4v) is 10.9. The maximum absolute atomic E-state index is 14.5. The summed E-state index contributed by atoms with van der Waals surface area (Å²) < 4.78 is 28.1. The smallest absolute Gasteiger partial charge is 0.315 e. The predicted octanol–water partition coefficient (Wildman–Crippen LogP) is 3.24. The molecule has 13 nitrogen and oxygen atoms in total. The van der Waals surface area contributed by atoms with Crippen LogP contribution in [0.25, 0.3) is 0 Å². The van der Waals surface area contributed by atoms with Gasteiger partial charge < -0.3 is 26.6 Å².